The number of quaternary nitrogens is 1. The first-order valence-corrected chi connectivity index (χ1v) is 15.8. The van der Waals surface area contributed by atoms with Crippen LogP contribution in [0.3, 0.4) is 0 Å². The fourth-order valence-corrected chi connectivity index (χ4v) is 5.31. The second-order valence-electron chi connectivity index (χ2n) is 10.9. The number of hydrogen-bond acceptors (Lipinski definition) is 0. The number of aryl methyl sites for hydroxylation is 2. The molecule has 0 saturated heterocycles. The minimum Gasteiger partial charge on any atom is -1.00 e. The molecule has 0 aliphatic rings. The van der Waals surface area contributed by atoms with Gasteiger partial charge in [-0.2, -0.15) is 0 Å². The van der Waals surface area contributed by atoms with Crippen LogP contribution in [0.15, 0.2) is 18.3 Å². The summed E-state index contributed by atoms with van der Waals surface area (Å²) in [6.45, 7) is 8.16. The van der Waals surface area contributed by atoms with Gasteiger partial charge in [-0.05, 0) is 31.7 Å². The van der Waals surface area contributed by atoms with E-state index < -0.39 is 0 Å². The van der Waals surface area contributed by atoms with E-state index in [0.29, 0.717) is 0 Å². The molecule has 0 amide bonds. The van der Waals surface area contributed by atoms with Crippen molar-refractivity contribution < 1.29 is 29.4 Å². The highest BCUT2D eigenvalue weighted by Crippen LogP contribution is 2.16. The molecule has 2 nitrogen and oxygen atoms in total. The van der Waals surface area contributed by atoms with Crippen LogP contribution in [0.25, 0.3) is 0 Å². The number of aromatic nitrogens is 1. The fourth-order valence-electron chi connectivity index (χ4n) is 5.31. The van der Waals surface area contributed by atoms with Gasteiger partial charge in [0.25, 0.3) is 0 Å². The molecule has 0 aromatic carbocycles. The highest BCUT2D eigenvalue weighted by Gasteiger charge is 2.15. The van der Waals surface area contributed by atoms with Crippen LogP contribution < -0.4 is 35.5 Å². The van der Waals surface area contributed by atoms with Crippen LogP contribution >= 0.6 is 0 Å². The van der Waals surface area contributed by atoms with Gasteiger partial charge >= 0.3 is 0 Å². The Hall–Kier alpha value is -0.310. The van der Waals surface area contributed by atoms with E-state index >= 15 is 0 Å². The Bertz CT molecular complexity index is 565. The average Bonchev–Trinajstić information content (AvgIpc) is 2.85. The fraction of sp³-hybridized carbons (Fsp3) is 0.848. The second kappa shape index (κ2) is 31.9. The van der Waals surface area contributed by atoms with Crippen LogP contribution in [0.1, 0.15) is 173 Å². The zero-order valence-corrected chi connectivity index (χ0v) is 27.1. The van der Waals surface area contributed by atoms with Crippen LogP contribution in [-0.4, -0.2) is 0 Å². The third-order valence-corrected chi connectivity index (χ3v) is 7.60. The Balaban J connectivity index is -0.00000385. The molecule has 1 aromatic rings. The van der Waals surface area contributed by atoms with Gasteiger partial charge in [0.2, 0.25) is 0 Å². The molecule has 0 atom stereocenters. The van der Waals surface area contributed by atoms with E-state index in [9.17, 15) is 0 Å². The highest BCUT2D eigenvalue weighted by molar-refractivity contribution is 5.16. The molecule has 37 heavy (non-hydrogen) atoms. The smallest absolute Gasteiger partial charge is 0.184 e. The third-order valence-electron chi connectivity index (χ3n) is 7.60. The van der Waals surface area contributed by atoms with Crippen LogP contribution in [0, 0.1) is 0 Å². The van der Waals surface area contributed by atoms with Gasteiger partial charge in [-0.15, -0.1) is 0 Å². The summed E-state index contributed by atoms with van der Waals surface area (Å²) in [6.07, 6.45) is 35.9. The Labute approximate surface area is 246 Å². The molecule has 1 aromatic heterocycles. The first-order valence-electron chi connectivity index (χ1n) is 15.8. The molecule has 222 valence electrons. The summed E-state index contributed by atoms with van der Waals surface area (Å²) in [6, 6.07) is 4.77. The number of nitrogens with zero attached hydrogens (tertiary/aromatic N) is 1. The second-order valence-corrected chi connectivity index (χ2v) is 10.9. The van der Waals surface area contributed by atoms with Crippen molar-refractivity contribution >= 4 is 0 Å². The summed E-state index contributed by atoms with van der Waals surface area (Å²) in [4.78, 5) is 0. The minimum absolute atomic E-state index is 0. The lowest BCUT2D eigenvalue weighted by Gasteiger charge is -2.10. The maximum atomic E-state index is 2.64. The maximum Gasteiger partial charge on any atom is 0.184 e. The number of halogens is 2. The summed E-state index contributed by atoms with van der Waals surface area (Å²) >= 11 is 0. The standard InChI is InChI=1S/C33H62N.2ClH.H3N/c1-4-7-10-13-16-18-21-24-29-33-32(27-23-20-15-12-9-6-3)28-26-31-34(33)30-25-22-19-17-14-11-8-5-2;;;/h26,28,31H,4-25,27,29-30H2,1-3H3;2*1H;1H3/q+1;;;/p-1. The molecule has 1 rings (SSSR count). The SMILES string of the molecule is CCCCCCCCCCc1c(CCCCCCCC)ccc[n+]1CCCCCCCCCC.[Cl-].[Cl-].[NH4+]. The van der Waals surface area contributed by atoms with E-state index in [2.05, 4.69) is 43.7 Å². The van der Waals surface area contributed by atoms with Crippen molar-refractivity contribution in [3.8, 4) is 0 Å². The molecule has 0 aliphatic heterocycles. The van der Waals surface area contributed by atoms with E-state index in [1.165, 1.54) is 161 Å². The Morgan fingerprint density at radius 3 is 1.32 bits per heavy atom. The average molecular weight is 562 g/mol. The van der Waals surface area contributed by atoms with Crippen molar-refractivity contribution in [1.82, 2.24) is 6.15 Å². The van der Waals surface area contributed by atoms with Gasteiger partial charge in [-0.25, -0.2) is 4.57 Å². The van der Waals surface area contributed by atoms with Crippen molar-refractivity contribution in [2.24, 2.45) is 0 Å². The van der Waals surface area contributed by atoms with Gasteiger partial charge in [-0.3, -0.25) is 0 Å². The topological polar surface area (TPSA) is 40.4 Å². The zero-order valence-electron chi connectivity index (χ0n) is 25.6. The summed E-state index contributed by atoms with van der Waals surface area (Å²) < 4.78 is 2.64. The molecule has 0 radical (unpaired) electrons. The molecular formula is C33H66Cl2N2. The third kappa shape index (κ3) is 23.3. The molecule has 4 N–H and O–H groups in total. The normalized spacial score (nSPS) is 10.5. The van der Waals surface area contributed by atoms with Crippen molar-refractivity contribution in [3.05, 3.63) is 29.6 Å². The summed E-state index contributed by atoms with van der Waals surface area (Å²) in [5.74, 6) is 0. The minimum atomic E-state index is 0. The number of rotatable bonds is 25. The Morgan fingerprint density at radius 1 is 0.486 bits per heavy atom. The first kappa shape index (κ1) is 41.2. The lowest BCUT2D eigenvalue weighted by Crippen LogP contribution is -3.00. The monoisotopic (exact) mass is 560 g/mol. The first-order chi connectivity index (χ1) is 16.8. The van der Waals surface area contributed by atoms with Gasteiger partial charge in [-0.1, -0.05) is 136 Å². The molecule has 1 heterocycles. The summed E-state index contributed by atoms with van der Waals surface area (Å²) in [7, 11) is 0. The van der Waals surface area contributed by atoms with Crippen molar-refractivity contribution in [2.75, 3.05) is 0 Å². The molecular weight excluding hydrogens is 495 g/mol. The van der Waals surface area contributed by atoms with E-state index in [-0.39, 0.29) is 31.0 Å². The lowest BCUT2D eigenvalue weighted by molar-refractivity contribution is -0.705. The zero-order chi connectivity index (χ0) is 24.5. The molecule has 0 bridgehead atoms. The van der Waals surface area contributed by atoms with E-state index in [4.69, 9.17) is 0 Å². The van der Waals surface area contributed by atoms with E-state index in [1.807, 2.05) is 0 Å². The predicted molar refractivity (Wildman–Crippen MR) is 159 cm³/mol. The Kier molecular flexibility index (Phi) is 35.5. The van der Waals surface area contributed by atoms with Crippen LogP contribution in [-0.2, 0) is 19.4 Å². The largest absolute Gasteiger partial charge is 1.00 e. The van der Waals surface area contributed by atoms with Gasteiger partial charge in [0.15, 0.2) is 11.9 Å². The lowest BCUT2D eigenvalue weighted by atomic mass is 9.99. The number of hydrogen-bond donors (Lipinski definition) is 1. The van der Waals surface area contributed by atoms with Crippen molar-refractivity contribution in [1.29, 1.82) is 0 Å². The highest BCUT2D eigenvalue weighted by atomic mass is 35.5. The van der Waals surface area contributed by atoms with Crippen molar-refractivity contribution in [2.45, 2.75) is 181 Å². The predicted octanol–water partition coefficient (Wildman–Crippen LogP) is 5.09. The van der Waals surface area contributed by atoms with Crippen molar-refractivity contribution in [3.63, 3.8) is 0 Å². The van der Waals surface area contributed by atoms with Gasteiger partial charge in [0.1, 0.15) is 6.54 Å². The molecule has 0 fully saturated rings. The Morgan fingerprint density at radius 2 is 0.865 bits per heavy atom. The van der Waals surface area contributed by atoms with Crippen LogP contribution in [0.4, 0.5) is 0 Å². The maximum absolute atomic E-state index is 2.64. The number of unbranched alkanes of at least 4 members (excludes halogenated alkanes) is 19. The molecule has 4 heteroatoms. The van der Waals surface area contributed by atoms with E-state index in [0.717, 1.165) is 0 Å². The van der Waals surface area contributed by atoms with Gasteiger partial charge in [0, 0.05) is 24.5 Å². The molecule has 0 aliphatic carbocycles. The van der Waals surface area contributed by atoms with Gasteiger partial charge < -0.3 is 31.0 Å². The molecule has 0 saturated carbocycles. The quantitative estimate of drug-likeness (QED) is 0.128. The van der Waals surface area contributed by atoms with Crippen LogP contribution in [0.5, 0.6) is 0 Å². The summed E-state index contributed by atoms with van der Waals surface area (Å²) in [5.41, 5.74) is 3.32. The summed E-state index contributed by atoms with van der Waals surface area (Å²) in [5, 5.41) is 0. The van der Waals surface area contributed by atoms with E-state index in [1.54, 1.807) is 11.3 Å². The molecule has 0 spiro atoms. The number of pyridine rings is 1. The molecule has 0 unspecified atom stereocenters. The van der Waals surface area contributed by atoms with Crippen LogP contribution in [0.2, 0.25) is 0 Å². The van der Waals surface area contributed by atoms with Gasteiger partial charge in [0.05, 0.1) is 0 Å².